The van der Waals surface area contributed by atoms with Crippen LogP contribution in [0.25, 0.3) is 0 Å². The summed E-state index contributed by atoms with van der Waals surface area (Å²) in [5, 5.41) is 16.8. The zero-order valence-corrected chi connectivity index (χ0v) is 24.4. The number of hydrogen-bond donors (Lipinski definition) is 4. The summed E-state index contributed by atoms with van der Waals surface area (Å²) < 4.78 is 19.6. The number of amides is 3. The fourth-order valence-corrected chi connectivity index (χ4v) is 4.72. The highest BCUT2D eigenvalue weighted by molar-refractivity contribution is 7.46. The largest absolute Gasteiger partial charge is 0.485 e. The first-order valence-corrected chi connectivity index (χ1v) is 13.9. The Morgan fingerprint density at radius 1 is 1.13 bits per heavy atom. The number of rotatable bonds is 10. The van der Waals surface area contributed by atoms with E-state index in [0.717, 1.165) is 5.56 Å². The van der Waals surface area contributed by atoms with E-state index in [9.17, 15) is 33.5 Å². The molecule has 13 heteroatoms. The van der Waals surface area contributed by atoms with Crippen molar-refractivity contribution in [3.05, 3.63) is 47.3 Å². The number of aliphatic carboxylic acids is 1. The molecule has 10 nitrogen and oxygen atoms in total. The van der Waals surface area contributed by atoms with Gasteiger partial charge in [0.05, 0.1) is 6.54 Å². The van der Waals surface area contributed by atoms with Crippen LogP contribution in [-0.2, 0) is 29.4 Å². The van der Waals surface area contributed by atoms with E-state index in [2.05, 4.69) is 19.9 Å². The van der Waals surface area contributed by atoms with Gasteiger partial charge in [-0.25, -0.2) is 9.18 Å². The maximum absolute atomic E-state index is 14.2. The first kappa shape index (κ1) is 31.8. The molecule has 4 N–H and O–H groups in total. The average molecular weight is 580 g/mol. The van der Waals surface area contributed by atoms with E-state index in [-0.39, 0.29) is 25.0 Å². The van der Waals surface area contributed by atoms with Gasteiger partial charge in [-0.2, -0.15) is 0 Å². The third kappa shape index (κ3) is 8.53. The third-order valence-corrected chi connectivity index (χ3v) is 7.21. The van der Waals surface area contributed by atoms with Crippen LogP contribution in [0.2, 0.25) is 0 Å². The van der Waals surface area contributed by atoms with Crippen molar-refractivity contribution in [2.75, 3.05) is 25.1 Å². The van der Waals surface area contributed by atoms with Crippen LogP contribution in [0.1, 0.15) is 31.9 Å². The molecule has 0 saturated carbocycles. The van der Waals surface area contributed by atoms with Crippen LogP contribution in [0.3, 0.4) is 0 Å². The first-order chi connectivity index (χ1) is 18.2. The fourth-order valence-electron chi connectivity index (χ4n) is 3.58. The molecule has 2 aromatic carbocycles. The van der Waals surface area contributed by atoms with E-state index in [0.29, 0.717) is 16.6 Å². The number of carbonyl (C=O) groups excluding carboxylic acids is 4. The Morgan fingerprint density at radius 2 is 1.77 bits per heavy atom. The second-order valence-electron chi connectivity index (χ2n) is 9.55. The number of carboxylic acid groups (broad SMARTS) is 1. The molecule has 0 fully saturated rings. The molecule has 0 aliphatic carbocycles. The zero-order valence-electron chi connectivity index (χ0n) is 22.2. The van der Waals surface area contributed by atoms with E-state index in [1.165, 1.54) is 6.07 Å². The SMILES string of the molecule is CPc1cc(F)c(P)c(OCC(=O)[C@@H](NC(=O)CNC(=O)C(=O)Nc2ccccc2C(C)(C)C)C(=O)O)c1C. The Morgan fingerprint density at radius 3 is 2.36 bits per heavy atom. The van der Waals surface area contributed by atoms with Gasteiger partial charge >= 0.3 is 17.8 Å². The molecule has 210 valence electrons. The molecule has 2 aromatic rings. The molecule has 0 heterocycles. The van der Waals surface area contributed by atoms with Crippen LogP contribution in [0.5, 0.6) is 5.75 Å². The summed E-state index contributed by atoms with van der Waals surface area (Å²) in [4.78, 5) is 61.0. The van der Waals surface area contributed by atoms with Crippen LogP contribution in [0, 0.1) is 12.7 Å². The summed E-state index contributed by atoms with van der Waals surface area (Å²) in [6.07, 6.45) is 0. The number of carboxylic acids is 1. The lowest BCUT2D eigenvalue weighted by atomic mass is 9.86. The molecule has 0 radical (unpaired) electrons. The minimum atomic E-state index is -1.99. The van der Waals surface area contributed by atoms with Gasteiger partial charge in [-0.1, -0.05) is 56.8 Å². The Balaban J connectivity index is 1.98. The Bertz CT molecular complexity index is 1300. The lowest BCUT2D eigenvalue weighted by Gasteiger charge is -2.22. The molecular weight excluding hydrogens is 547 g/mol. The van der Waals surface area contributed by atoms with E-state index in [1.54, 1.807) is 25.1 Å². The van der Waals surface area contributed by atoms with Crippen LogP contribution in [0.4, 0.5) is 10.1 Å². The summed E-state index contributed by atoms with van der Waals surface area (Å²) in [5.74, 6) is -6.29. The van der Waals surface area contributed by atoms with Crippen molar-refractivity contribution in [3.63, 3.8) is 0 Å². The van der Waals surface area contributed by atoms with Gasteiger partial charge in [-0.3, -0.25) is 19.2 Å². The molecular formula is C26H32FN3O7P2. The van der Waals surface area contributed by atoms with E-state index >= 15 is 0 Å². The van der Waals surface area contributed by atoms with E-state index in [1.807, 2.05) is 38.8 Å². The molecule has 39 heavy (non-hydrogen) atoms. The van der Waals surface area contributed by atoms with Gasteiger partial charge < -0.3 is 25.8 Å². The van der Waals surface area contributed by atoms with Crippen LogP contribution in [-0.4, -0.2) is 60.4 Å². The lowest BCUT2D eigenvalue weighted by molar-refractivity contribution is -0.146. The van der Waals surface area contributed by atoms with Gasteiger partial charge in [-0.05, 0) is 47.6 Å². The van der Waals surface area contributed by atoms with Gasteiger partial charge in [0.15, 0.2) is 6.04 Å². The maximum atomic E-state index is 14.2. The smallest absolute Gasteiger partial charge is 0.334 e. The fraction of sp³-hybridized carbons (Fsp3) is 0.346. The van der Waals surface area contributed by atoms with Gasteiger partial charge in [0.1, 0.15) is 18.2 Å². The quantitative estimate of drug-likeness (QED) is 0.187. The second-order valence-corrected chi connectivity index (χ2v) is 11.2. The highest BCUT2D eigenvalue weighted by Gasteiger charge is 2.29. The minimum Gasteiger partial charge on any atom is -0.485 e. The number of Topliss-reactive ketones (excluding diaryl/α,β-unsaturated/α-hetero) is 1. The number of hydrogen-bond acceptors (Lipinski definition) is 6. The van der Waals surface area contributed by atoms with Crippen molar-refractivity contribution in [2.24, 2.45) is 0 Å². The van der Waals surface area contributed by atoms with Gasteiger partial charge in [0, 0.05) is 11.0 Å². The van der Waals surface area contributed by atoms with Crippen molar-refractivity contribution in [2.45, 2.75) is 39.2 Å². The normalized spacial score (nSPS) is 12.1. The number of carbonyl (C=O) groups is 5. The number of ketones is 1. The van der Waals surface area contributed by atoms with Crippen molar-refractivity contribution in [1.29, 1.82) is 0 Å². The molecule has 0 bridgehead atoms. The van der Waals surface area contributed by atoms with Crippen LogP contribution < -0.4 is 31.3 Å². The molecule has 0 spiro atoms. The summed E-state index contributed by atoms with van der Waals surface area (Å²) >= 11 is 0. The summed E-state index contributed by atoms with van der Waals surface area (Å²) in [6, 6.07) is 6.32. The highest BCUT2D eigenvalue weighted by Crippen LogP contribution is 2.29. The van der Waals surface area contributed by atoms with Gasteiger partial charge in [0.25, 0.3) is 0 Å². The Kier molecular flexibility index (Phi) is 11.1. The van der Waals surface area contributed by atoms with Crippen molar-refractivity contribution in [1.82, 2.24) is 10.6 Å². The molecule has 2 rings (SSSR count). The summed E-state index contributed by atoms with van der Waals surface area (Å²) in [7, 11) is 2.44. The average Bonchev–Trinajstić information content (AvgIpc) is 2.87. The zero-order chi connectivity index (χ0) is 29.5. The Labute approximate surface area is 229 Å². The molecule has 0 saturated heterocycles. The first-order valence-electron chi connectivity index (χ1n) is 11.8. The molecule has 0 aromatic heterocycles. The summed E-state index contributed by atoms with van der Waals surface area (Å²) in [5.41, 5.74) is 1.52. The number of halogens is 1. The van der Waals surface area contributed by atoms with Gasteiger partial charge in [-0.15, -0.1) is 0 Å². The lowest BCUT2D eigenvalue weighted by Crippen LogP contribution is -2.51. The molecule has 2 unspecified atom stereocenters. The highest BCUT2D eigenvalue weighted by atomic mass is 31.1. The van der Waals surface area contributed by atoms with Crippen molar-refractivity contribution >= 4 is 63.6 Å². The molecule has 3 amide bonds. The molecule has 0 aliphatic rings. The van der Waals surface area contributed by atoms with Crippen LogP contribution >= 0.6 is 17.8 Å². The number of ether oxygens (including phenoxy) is 1. The molecule has 3 atom stereocenters. The van der Waals surface area contributed by atoms with E-state index in [4.69, 9.17) is 4.74 Å². The second kappa shape index (κ2) is 13.6. The predicted octanol–water partition coefficient (Wildman–Crippen LogP) is 1.14. The monoisotopic (exact) mass is 579 g/mol. The number of anilines is 1. The van der Waals surface area contributed by atoms with E-state index < -0.39 is 54.5 Å². The number of nitrogens with one attached hydrogen (secondary N) is 3. The van der Waals surface area contributed by atoms with Crippen LogP contribution in [0.15, 0.2) is 30.3 Å². The third-order valence-electron chi connectivity index (χ3n) is 5.62. The standard InChI is InChI=1S/C26H32FN3O7P2/c1-13-18(39-5)10-15(27)22(38)21(13)37-12-17(31)20(25(35)36)30-19(32)11-28-23(33)24(34)29-16-9-7-6-8-14(16)26(2,3)4/h6-10,20,39H,11-12,38H2,1-5H3,(H,28,33)(H,29,34)(H,30,32)(H,35,36)/t20-/m1/s1. The minimum absolute atomic E-state index is 0.0873. The van der Waals surface area contributed by atoms with Crippen molar-refractivity contribution in [3.8, 4) is 5.75 Å². The van der Waals surface area contributed by atoms with Crippen molar-refractivity contribution < 1.29 is 38.2 Å². The topological polar surface area (TPSA) is 151 Å². The van der Waals surface area contributed by atoms with Gasteiger partial charge in [0.2, 0.25) is 11.7 Å². The maximum Gasteiger partial charge on any atom is 0.334 e. The molecule has 0 aliphatic heterocycles. The predicted molar refractivity (Wildman–Crippen MR) is 151 cm³/mol. The Hall–Kier alpha value is -3.42. The summed E-state index contributed by atoms with van der Waals surface area (Å²) in [6.45, 7) is 7.85. The number of benzene rings is 2. The number of para-hydroxylation sites is 1.